The molecule has 1 aliphatic heterocycles. The van der Waals surface area contributed by atoms with Crippen molar-refractivity contribution in [2.75, 3.05) is 13.2 Å². The predicted octanol–water partition coefficient (Wildman–Crippen LogP) is 7.42. The van der Waals surface area contributed by atoms with Crippen molar-refractivity contribution in [3.8, 4) is 0 Å². The maximum Gasteiger partial charge on any atom is 0.336 e. The summed E-state index contributed by atoms with van der Waals surface area (Å²) in [7, 11) is 0. The van der Waals surface area contributed by atoms with E-state index >= 15 is 0 Å². The highest BCUT2D eigenvalue weighted by Gasteiger charge is 2.43. The molecule has 0 N–H and O–H groups in total. The lowest BCUT2D eigenvalue weighted by molar-refractivity contribution is -0.384. The average Bonchev–Trinajstić information content (AvgIpc) is 3.04. The summed E-state index contributed by atoms with van der Waals surface area (Å²) in [4.78, 5) is 46.6. The number of nitro benzene ring substituents is 1. The normalized spacial score (nSPS) is 17.7. The number of aliphatic imine (C=N–C) groups is 1. The van der Waals surface area contributed by atoms with Crippen molar-refractivity contribution < 1.29 is 28.7 Å². The van der Waals surface area contributed by atoms with Gasteiger partial charge in [-0.3, -0.25) is 24.9 Å². The molecule has 2 aromatic carbocycles. The van der Waals surface area contributed by atoms with Crippen molar-refractivity contribution in [3.63, 3.8) is 0 Å². The maximum absolute atomic E-state index is 13.7. The first kappa shape index (κ1) is 35.9. The minimum absolute atomic E-state index is 0.134. The maximum atomic E-state index is 13.7. The molecule has 0 saturated carbocycles. The zero-order valence-electron chi connectivity index (χ0n) is 28.3. The molecule has 4 atom stereocenters. The third kappa shape index (κ3) is 9.54. The van der Waals surface area contributed by atoms with Crippen LogP contribution in [0.15, 0.2) is 94.9 Å². The summed E-state index contributed by atoms with van der Waals surface area (Å²) in [5.41, 5.74) is 5.79. The Hall–Kier alpha value is -4.96. The summed E-state index contributed by atoms with van der Waals surface area (Å²) in [5, 5.41) is 11.6. The smallest absolute Gasteiger partial charge is 0.336 e. The number of nitro groups is 1. The minimum atomic E-state index is -0.942. The highest BCUT2D eigenvalue weighted by atomic mass is 16.6. The fourth-order valence-corrected chi connectivity index (χ4v) is 5.93. The largest absolute Gasteiger partial charge is 0.465 e. The Morgan fingerprint density at radius 1 is 1.02 bits per heavy atom. The van der Waals surface area contributed by atoms with Gasteiger partial charge < -0.3 is 14.2 Å². The number of allylic oxidation sites excluding steroid dienone is 1. The molecule has 0 saturated heterocycles. The summed E-state index contributed by atoms with van der Waals surface area (Å²) in [6, 6.07) is 18.3. The van der Waals surface area contributed by atoms with Gasteiger partial charge in [-0.05, 0) is 81.9 Å². The lowest BCUT2D eigenvalue weighted by atomic mass is 9.75. The molecule has 10 heteroatoms. The van der Waals surface area contributed by atoms with Crippen molar-refractivity contribution in [2.45, 2.75) is 72.5 Å². The summed E-state index contributed by atoms with van der Waals surface area (Å²) in [5.74, 6) is -3.01. The molecule has 1 aliphatic rings. The first-order valence-corrected chi connectivity index (χ1v) is 16.1. The van der Waals surface area contributed by atoms with Gasteiger partial charge in [0.2, 0.25) is 0 Å². The van der Waals surface area contributed by atoms with E-state index in [9.17, 15) is 19.7 Å². The van der Waals surface area contributed by atoms with Gasteiger partial charge in [0.1, 0.15) is 12.0 Å². The quantitative estimate of drug-likeness (QED) is 0.0998. The Kier molecular flexibility index (Phi) is 12.5. The molecule has 252 valence electrons. The summed E-state index contributed by atoms with van der Waals surface area (Å²) in [6.07, 6.45) is 6.23. The number of carbonyl (C=O) groups excluding carboxylic acids is 2. The summed E-state index contributed by atoms with van der Waals surface area (Å²) < 4.78 is 17.3. The molecule has 3 aromatic rings. The van der Waals surface area contributed by atoms with Gasteiger partial charge in [0, 0.05) is 48.3 Å². The Bertz CT molecular complexity index is 1700. The fourth-order valence-electron chi connectivity index (χ4n) is 5.93. The van der Waals surface area contributed by atoms with Gasteiger partial charge in [-0.15, -0.1) is 0 Å². The molecule has 2 heterocycles. The van der Waals surface area contributed by atoms with E-state index < -0.39 is 34.8 Å². The number of hydrogen-bond donors (Lipinski definition) is 0. The Labute approximate surface area is 281 Å². The molecule has 0 bridgehead atoms. The van der Waals surface area contributed by atoms with Crippen LogP contribution in [0.4, 0.5) is 5.69 Å². The van der Waals surface area contributed by atoms with Crippen LogP contribution in [-0.4, -0.2) is 53.0 Å². The van der Waals surface area contributed by atoms with E-state index in [2.05, 4.69) is 46.4 Å². The standard InChI is InChI=1S/C38H43N3O7/c1-7-46-37(42)34-27(5)40-28(6)35(36(34)32-11-8-12-33(21-32)41(44)45)38(43)48-26(4)19-25(3)47-23-24(2)18-29-13-15-30(16-14-29)20-31-10-9-17-39-22-31/h8-18,21-22,25-26,34,36H,7,19-20,23H2,1-6H3. The van der Waals surface area contributed by atoms with Crippen LogP contribution in [0.25, 0.3) is 6.08 Å². The molecule has 0 fully saturated rings. The molecule has 48 heavy (non-hydrogen) atoms. The zero-order valence-corrected chi connectivity index (χ0v) is 28.3. The number of ether oxygens (including phenoxy) is 3. The Morgan fingerprint density at radius 3 is 2.44 bits per heavy atom. The van der Waals surface area contributed by atoms with Crippen LogP contribution in [0.5, 0.6) is 0 Å². The molecule has 0 aliphatic carbocycles. The highest BCUT2D eigenvalue weighted by Crippen LogP contribution is 2.41. The van der Waals surface area contributed by atoms with Crippen molar-refractivity contribution in [1.82, 2.24) is 4.98 Å². The van der Waals surface area contributed by atoms with Crippen molar-refractivity contribution >= 4 is 29.4 Å². The molecule has 0 radical (unpaired) electrons. The van der Waals surface area contributed by atoms with Gasteiger partial charge in [0.05, 0.1) is 29.8 Å². The number of non-ortho nitro benzene ring substituents is 1. The molecule has 4 rings (SSSR count). The molecule has 10 nitrogen and oxygen atoms in total. The van der Waals surface area contributed by atoms with E-state index in [0.29, 0.717) is 30.0 Å². The molecule has 4 unspecified atom stereocenters. The molecular formula is C38H43N3O7. The van der Waals surface area contributed by atoms with Crippen molar-refractivity contribution in [1.29, 1.82) is 0 Å². The number of pyridine rings is 1. The summed E-state index contributed by atoms with van der Waals surface area (Å²) >= 11 is 0. The number of benzene rings is 2. The van der Waals surface area contributed by atoms with E-state index in [1.807, 2.05) is 26.1 Å². The number of aromatic nitrogens is 1. The van der Waals surface area contributed by atoms with Gasteiger partial charge in [-0.2, -0.15) is 0 Å². The summed E-state index contributed by atoms with van der Waals surface area (Å²) in [6.45, 7) is 11.3. The zero-order chi connectivity index (χ0) is 34.8. The number of hydrogen-bond acceptors (Lipinski definition) is 9. The average molecular weight is 654 g/mol. The van der Waals surface area contributed by atoms with E-state index in [1.165, 1.54) is 23.8 Å². The SMILES string of the molecule is CCOC(=O)C1C(C)=NC(C)=C(C(=O)OC(C)CC(C)OCC(C)=Cc2ccc(Cc3cccnc3)cc2)C1c1cccc([N+](=O)[O-])c1. The number of esters is 2. The lowest BCUT2D eigenvalue weighted by Gasteiger charge is -2.32. The van der Waals surface area contributed by atoms with Gasteiger partial charge in [0.15, 0.2) is 0 Å². The first-order chi connectivity index (χ1) is 23.0. The van der Waals surface area contributed by atoms with E-state index in [1.54, 1.807) is 40.0 Å². The van der Waals surface area contributed by atoms with E-state index in [0.717, 1.165) is 23.1 Å². The number of carbonyl (C=O) groups is 2. The van der Waals surface area contributed by atoms with E-state index in [4.69, 9.17) is 14.2 Å². The van der Waals surface area contributed by atoms with Crippen molar-refractivity contribution in [2.24, 2.45) is 10.9 Å². The third-order valence-corrected chi connectivity index (χ3v) is 8.12. The van der Waals surface area contributed by atoms with Crippen LogP contribution in [0.3, 0.4) is 0 Å². The second-order valence-corrected chi connectivity index (χ2v) is 12.2. The second kappa shape index (κ2) is 16.7. The third-order valence-electron chi connectivity index (χ3n) is 8.12. The van der Waals surface area contributed by atoms with Crippen LogP contribution >= 0.6 is 0 Å². The molecule has 0 amide bonds. The van der Waals surface area contributed by atoms with Crippen LogP contribution in [0.1, 0.15) is 76.1 Å². The van der Waals surface area contributed by atoms with Crippen molar-refractivity contribution in [3.05, 3.63) is 122 Å². The Morgan fingerprint density at radius 2 is 1.77 bits per heavy atom. The monoisotopic (exact) mass is 653 g/mol. The molecule has 1 aromatic heterocycles. The predicted molar refractivity (Wildman–Crippen MR) is 184 cm³/mol. The van der Waals surface area contributed by atoms with Gasteiger partial charge in [0.25, 0.3) is 5.69 Å². The van der Waals surface area contributed by atoms with Crippen LogP contribution in [0.2, 0.25) is 0 Å². The molecular weight excluding hydrogens is 610 g/mol. The van der Waals surface area contributed by atoms with Crippen LogP contribution in [0, 0.1) is 16.0 Å². The van der Waals surface area contributed by atoms with E-state index in [-0.39, 0.29) is 24.0 Å². The first-order valence-electron chi connectivity index (χ1n) is 16.1. The van der Waals surface area contributed by atoms with Gasteiger partial charge >= 0.3 is 11.9 Å². The van der Waals surface area contributed by atoms with Crippen LogP contribution in [-0.2, 0) is 30.2 Å². The highest BCUT2D eigenvalue weighted by molar-refractivity contribution is 6.07. The topological polar surface area (TPSA) is 130 Å². The number of rotatable bonds is 14. The van der Waals surface area contributed by atoms with Crippen LogP contribution < -0.4 is 0 Å². The Balaban J connectivity index is 1.40. The fraction of sp³-hybridized carbons (Fsp3) is 0.368. The van der Waals surface area contributed by atoms with Gasteiger partial charge in [-0.25, -0.2) is 4.79 Å². The lowest BCUT2D eigenvalue weighted by Crippen LogP contribution is -2.37. The van der Waals surface area contributed by atoms with Gasteiger partial charge in [-0.1, -0.05) is 48.5 Å². The minimum Gasteiger partial charge on any atom is -0.465 e. The number of nitrogens with zero attached hydrogens (tertiary/aromatic N) is 3. The second-order valence-electron chi connectivity index (χ2n) is 12.2. The molecule has 0 spiro atoms.